The molecule has 5 heteroatoms. The summed E-state index contributed by atoms with van der Waals surface area (Å²) in [7, 11) is 0. The second-order valence-corrected chi connectivity index (χ2v) is 7.60. The molecule has 0 fully saturated rings. The zero-order chi connectivity index (χ0) is 24.0. The summed E-state index contributed by atoms with van der Waals surface area (Å²) in [5.41, 5.74) is 3.21. The van der Waals surface area contributed by atoms with E-state index in [1.165, 1.54) is 0 Å². The van der Waals surface area contributed by atoms with Crippen molar-refractivity contribution in [3.8, 4) is 11.5 Å². The minimum absolute atomic E-state index is 0.328. The normalized spacial score (nSPS) is 11.8. The van der Waals surface area contributed by atoms with Gasteiger partial charge in [0.1, 0.15) is 24.7 Å². The molecule has 5 nitrogen and oxygen atoms in total. The molecule has 0 aliphatic rings. The molecule has 1 unspecified atom stereocenters. The van der Waals surface area contributed by atoms with Crippen LogP contribution in [0.1, 0.15) is 30.5 Å². The predicted octanol–water partition coefficient (Wildman–Crippen LogP) is 5.87. The Morgan fingerprint density at radius 2 is 1.47 bits per heavy atom. The summed E-state index contributed by atoms with van der Waals surface area (Å²) in [6, 6.07) is 25.8. The highest BCUT2D eigenvalue weighted by Gasteiger charge is 2.20. The molecule has 0 saturated heterocycles. The van der Waals surface area contributed by atoms with E-state index >= 15 is 0 Å². The second kappa shape index (κ2) is 13.9. The van der Waals surface area contributed by atoms with Gasteiger partial charge in [-0.25, -0.2) is 4.79 Å². The third kappa shape index (κ3) is 8.41. The maximum absolute atomic E-state index is 12.0. The van der Waals surface area contributed by atoms with Crippen LogP contribution in [-0.4, -0.2) is 31.9 Å². The number of hydrogen-bond acceptors (Lipinski definition) is 5. The van der Waals surface area contributed by atoms with Gasteiger partial charge in [-0.15, -0.1) is 0 Å². The predicted molar refractivity (Wildman–Crippen MR) is 134 cm³/mol. The first-order valence-corrected chi connectivity index (χ1v) is 11.6. The Kier molecular flexibility index (Phi) is 10.2. The van der Waals surface area contributed by atoms with Gasteiger partial charge in [-0.05, 0) is 60.9 Å². The zero-order valence-electron chi connectivity index (χ0n) is 19.8. The van der Waals surface area contributed by atoms with Crippen molar-refractivity contribution in [2.24, 2.45) is 0 Å². The van der Waals surface area contributed by atoms with E-state index in [1.54, 1.807) is 6.92 Å². The van der Waals surface area contributed by atoms with Crippen molar-refractivity contribution in [2.45, 2.75) is 33.0 Å². The van der Waals surface area contributed by atoms with E-state index < -0.39 is 6.10 Å². The highest BCUT2D eigenvalue weighted by Crippen LogP contribution is 2.17. The fourth-order valence-electron chi connectivity index (χ4n) is 3.33. The van der Waals surface area contributed by atoms with Crippen LogP contribution in [0.4, 0.5) is 0 Å². The summed E-state index contributed by atoms with van der Waals surface area (Å²) in [6.45, 7) is 5.46. The molecular formula is C29H32O5. The number of carbonyl (C=O) groups is 1. The minimum atomic E-state index is -0.588. The smallest absolute Gasteiger partial charge is 0.335 e. The summed E-state index contributed by atoms with van der Waals surface area (Å²) >= 11 is 0. The highest BCUT2D eigenvalue weighted by molar-refractivity contribution is 5.75. The molecule has 0 saturated carbocycles. The van der Waals surface area contributed by atoms with E-state index in [9.17, 15) is 4.79 Å². The van der Waals surface area contributed by atoms with Crippen molar-refractivity contribution in [1.82, 2.24) is 0 Å². The van der Waals surface area contributed by atoms with Crippen LogP contribution in [0.5, 0.6) is 11.5 Å². The van der Waals surface area contributed by atoms with Crippen LogP contribution in [0, 0.1) is 0 Å². The van der Waals surface area contributed by atoms with Crippen LogP contribution in [0.3, 0.4) is 0 Å². The highest BCUT2D eigenvalue weighted by atomic mass is 16.6. The minimum Gasteiger partial charge on any atom is -0.490 e. The molecular weight excluding hydrogens is 428 g/mol. The summed E-state index contributed by atoms with van der Waals surface area (Å²) in [5.74, 6) is 1.28. The van der Waals surface area contributed by atoms with E-state index in [4.69, 9.17) is 18.9 Å². The van der Waals surface area contributed by atoms with Crippen LogP contribution >= 0.6 is 0 Å². The molecule has 0 heterocycles. The third-order valence-electron chi connectivity index (χ3n) is 5.05. The van der Waals surface area contributed by atoms with Crippen molar-refractivity contribution < 1.29 is 23.7 Å². The van der Waals surface area contributed by atoms with Crippen molar-refractivity contribution in [3.63, 3.8) is 0 Å². The number of carbonyl (C=O) groups excluding carboxylic acids is 1. The zero-order valence-corrected chi connectivity index (χ0v) is 19.8. The lowest BCUT2D eigenvalue weighted by molar-refractivity contribution is -0.156. The first-order valence-electron chi connectivity index (χ1n) is 11.6. The Balaban J connectivity index is 1.43. The Morgan fingerprint density at radius 3 is 2.15 bits per heavy atom. The third-order valence-corrected chi connectivity index (χ3v) is 5.05. The van der Waals surface area contributed by atoms with Gasteiger partial charge in [0, 0.05) is 13.0 Å². The van der Waals surface area contributed by atoms with Gasteiger partial charge in [0.15, 0.2) is 6.10 Å². The Bertz CT molecular complexity index is 1010. The second-order valence-electron chi connectivity index (χ2n) is 7.60. The molecule has 3 rings (SSSR count). The Labute approximate surface area is 201 Å². The van der Waals surface area contributed by atoms with Crippen LogP contribution in [0.2, 0.25) is 0 Å². The molecule has 34 heavy (non-hydrogen) atoms. The number of rotatable bonds is 13. The number of ether oxygens (including phenoxy) is 4. The maximum Gasteiger partial charge on any atom is 0.335 e. The first-order chi connectivity index (χ1) is 16.7. The van der Waals surface area contributed by atoms with Gasteiger partial charge in [-0.2, -0.15) is 0 Å². The van der Waals surface area contributed by atoms with Gasteiger partial charge in [0.25, 0.3) is 0 Å². The fourth-order valence-corrected chi connectivity index (χ4v) is 3.33. The molecule has 178 valence electrons. The SMILES string of the molecule is CCOC(=O)C(Cc1ccc(OC/C=C/c2ccc(OCc3ccccc3)cc2)cc1)OCC. The molecule has 0 amide bonds. The molecule has 0 aliphatic heterocycles. The number of hydrogen-bond donors (Lipinski definition) is 0. The average molecular weight is 461 g/mol. The van der Waals surface area contributed by atoms with E-state index in [0.717, 1.165) is 28.2 Å². The van der Waals surface area contributed by atoms with Crippen molar-refractivity contribution >= 4 is 12.0 Å². The average Bonchev–Trinajstić information content (AvgIpc) is 2.87. The largest absolute Gasteiger partial charge is 0.490 e. The lowest BCUT2D eigenvalue weighted by Gasteiger charge is -2.15. The standard InChI is InChI=1S/C29H32O5/c1-3-31-28(29(30)32-4-2)21-24-14-18-26(19-15-24)33-20-8-11-23-12-16-27(17-13-23)34-22-25-9-6-5-7-10-25/h5-19,28H,3-4,20-22H2,1-2H3/b11-8+. The van der Waals surface area contributed by atoms with Gasteiger partial charge in [-0.3, -0.25) is 0 Å². The van der Waals surface area contributed by atoms with Crippen LogP contribution < -0.4 is 9.47 Å². The van der Waals surface area contributed by atoms with Crippen LogP contribution in [-0.2, 0) is 27.3 Å². The van der Waals surface area contributed by atoms with E-state index in [0.29, 0.717) is 32.8 Å². The summed E-state index contributed by atoms with van der Waals surface area (Å²) < 4.78 is 22.2. The summed E-state index contributed by atoms with van der Waals surface area (Å²) in [6.07, 6.45) is 3.87. The molecule has 0 aliphatic carbocycles. The molecule has 3 aromatic carbocycles. The van der Waals surface area contributed by atoms with E-state index in [2.05, 4.69) is 0 Å². The number of benzene rings is 3. The monoisotopic (exact) mass is 460 g/mol. The topological polar surface area (TPSA) is 54.0 Å². The molecule has 1 atom stereocenters. The van der Waals surface area contributed by atoms with Crippen molar-refractivity contribution in [1.29, 1.82) is 0 Å². The quantitative estimate of drug-likeness (QED) is 0.299. The lowest BCUT2D eigenvalue weighted by atomic mass is 10.1. The van der Waals surface area contributed by atoms with Crippen molar-refractivity contribution in [3.05, 3.63) is 102 Å². The summed E-state index contributed by atoms with van der Waals surface area (Å²) in [4.78, 5) is 12.0. The van der Waals surface area contributed by atoms with Crippen molar-refractivity contribution in [2.75, 3.05) is 19.8 Å². The molecule has 0 spiro atoms. The maximum atomic E-state index is 12.0. The Morgan fingerprint density at radius 1 is 0.794 bits per heavy atom. The van der Waals surface area contributed by atoms with Gasteiger partial charge in [-0.1, -0.05) is 60.7 Å². The summed E-state index contributed by atoms with van der Waals surface area (Å²) in [5, 5.41) is 0. The number of esters is 1. The molecule has 3 aromatic rings. The molecule has 0 bridgehead atoms. The van der Waals surface area contributed by atoms with E-state index in [1.807, 2.05) is 97.9 Å². The van der Waals surface area contributed by atoms with Crippen LogP contribution in [0.25, 0.3) is 6.08 Å². The van der Waals surface area contributed by atoms with Gasteiger partial charge in [0.05, 0.1) is 6.61 Å². The Hall–Kier alpha value is -3.57. The fraction of sp³-hybridized carbons (Fsp3) is 0.276. The van der Waals surface area contributed by atoms with Gasteiger partial charge in [0.2, 0.25) is 0 Å². The molecule has 0 radical (unpaired) electrons. The van der Waals surface area contributed by atoms with Gasteiger partial charge >= 0.3 is 5.97 Å². The van der Waals surface area contributed by atoms with Crippen LogP contribution in [0.15, 0.2) is 84.9 Å². The van der Waals surface area contributed by atoms with Gasteiger partial charge < -0.3 is 18.9 Å². The lowest BCUT2D eigenvalue weighted by Crippen LogP contribution is -2.28. The molecule has 0 N–H and O–H groups in total. The van der Waals surface area contributed by atoms with E-state index in [-0.39, 0.29) is 5.97 Å². The first kappa shape index (κ1) is 25.1. The molecule has 0 aromatic heterocycles.